The van der Waals surface area contributed by atoms with Crippen LogP contribution in [0.1, 0.15) is 28.9 Å². The van der Waals surface area contributed by atoms with Gasteiger partial charge in [0.05, 0.1) is 11.4 Å². The van der Waals surface area contributed by atoms with E-state index in [0.29, 0.717) is 5.56 Å². The van der Waals surface area contributed by atoms with E-state index in [0.717, 1.165) is 30.3 Å². The number of pyridine rings is 1. The molecule has 1 atom stereocenters. The molecule has 1 amide bonds. The molecule has 3 rings (SSSR count). The summed E-state index contributed by atoms with van der Waals surface area (Å²) in [4.78, 5) is 28.1. The molecule has 1 N–H and O–H groups in total. The summed E-state index contributed by atoms with van der Waals surface area (Å²) in [6.45, 7) is 1.60. The van der Waals surface area contributed by atoms with Crippen LogP contribution in [-0.4, -0.2) is 22.8 Å². The number of amides is 1. The third-order valence-electron chi connectivity index (χ3n) is 4.49. The zero-order valence-corrected chi connectivity index (χ0v) is 14.3. The second-order valence-corrected chi connectivity index (χ2v) is 6.11. The first-order valence-electron chi connectivity index (χ1n) is 7.93. The quantitative estimate of drug-likeness (QED) is 0.703. The fraction of sp³-hybridized carbons (Fsp3) is 0.158. The van der Waals surface area contributed by atoms with Gasteiger partial charge in [0.25, 0.3) is 11.5 Å². The largest absolute Gasteiger partial charge is 0.335 e. The lowest BCUT2D eigenvalue weighted by atomic mass is 10.0. The molecule has 4 nitrogen and oxygen atoms in total. The van der Waals surface area contributed by atoms with Crippen molar-refractivity contribution in [3.05, 3.63) is 81.3 Å². The smallest absolute Gasteiger partial charge is 0.255 e. The highest BCUT2D eigenvalue weighted by molar-refractivity contribution is 5.95. The molecule has 0 aliphatic heterocycles. The predicted octanol–water partition coefficient (Wildman–Crippen LogP) is 3.92. The maximum atomic E-state index is 13.7. The molecule has 1 unspecified atom stereocenters. The molecule has 0 bridgehead atoms. The average molecular weight is 378 g/mol. The van der Waals surface area contributed by atoms with Crippen molar-refractivity contribution in [1.29, 1.82) is 0 Å². The van der Waals surface area contributed by atoms with E-state index in [2.05, 4.69) is 4.98 Å². The molecule has 1 heterocycles. The fourth-order valence-electron chi connectivity index (χ4n) is 2.84. The molecule has 0 aliphatic rings. The molecular weight excluding hydrogens is 364 g/mol. The molecule has 2 aromatic carbocycles. The van der Waals surface area contributed by atoms with E-state index in [1.807, 2.05) is 0 Å². The first-order chi connectivity index (χ1) is 12.7. The molecule has 3 aromatic rings. The van der Waals surface area contributed by atoms with E-state index in [1.54, 1.807) is 6.92 Å². The zero-order chi connectivity index (χ0) is 19.9. The van der Waals surface area contributed by atoms with Crippen molar-refractivity contribution >= 4 is 16.7 Å². The molecule has 140 valence electrons. The number of carbonyl (C=O) groups excluding carboxylic acids is 1. The number of H-pyrrole nitrogens is 1. The van der Waals surface area contributed by atoms with E-state index in [9.17, 15) is 27.2 Å². The zero-order valence-electron chi connectivity index (χ0n) is 14.3. The number of rotatable bonds is 3. The van der Waals surface area contributed by atoms with Crippen LogP contribution in [0.5, 0.6) is 0 Å². The monoisotopic (exact) mass is 378 g/mol. The van der Waals surface area contributed by atoms with Crippen LogP contribution >= 0.6 is 0 Å². The maximum Gasteiger partial charge on any atom is 0.255 e. The van der Waals surface area contributed by atoms with Crippen LogP contribution in [0.15, 0.2) is 41.3 Å². The van der Waals surface area contributed by atoms with Gasteiger partial charge in [-0.25, -0.2) is 17.6 Å². The van der Waals surface area contributed by atoms with Gasteiger partial charge in [-0.05, 0) is 48.2 Å². The lowest BCUT2D eigenvalue weighted by molar-refractivity contribution is 0.0742. The Morgan fingerprint density at radius 3 is 2.19 bits per heavy atom. The van der Waals surface area contributed by atoms with E-state index in [1.165, 1.54) is 18.1 Å². The van der Waals surface area contributed by atoms with Crippen molar-refractivity contribution < 1.29 is 22.4 Å². The Kier molecular flexibility index (Phi) is 4.73. The van der Waals surface area contributed by atoms with Gasteiger partial charge in [-0.1, -0.05) is 0 Å². The second-order valence-electron chi connectivity index (χ2n) is 6.11. The van der Waals surface area contributed by atoms with Crippen LogP contribution in [0.25, 0.3) is 10.8 Å². The Bertz CT molecular complexity index is 1110. The van der Waals surface area contributed by atoms with Crippen LogP contribution in [0.4, 0.5) is 17.6 Å². The predicted molar refractivity (Wildman–Crippen MR) is 91.4 cm³/mol. The Hall–Kier alpha value is -3.16. The molecule has 0 saturated heterocycles. The van der Waals surface area contributed by atoms with E-state index < -0.39 is 40.8 Å². The van der Waals surface area contributed by atoms with Gasteiger partial charge in [0.2, 0.25) is 0 Å². The number of aromatic nitrogens is 1. The standard InChI is InChI=1S/C19H14F4N2O2/c1-9(25(2)19(27)10-3-4-14(20)15(21)5-10)13-8-24-18(26)12-7-17(23)16(22)6-11(12)13/h3-9H,1-2H3,(H,24,26). The number of benzene rings is 2. The van der Waals surface area contributed by atoms with Crippen molar-refractivity contribution in [3.8, 4) is 0 Å². The highest BCUT2D eigenvalue weighted by Gasteiger charge is 2.23. The number of aromatic amines is 1. The van der Waals surface area contributed by atoms with Gasteiger partial charge in [0, 0.05) is 18.8 Å². The summed E-state index contributed by atoms with van der Waals surface area (Å²) in [6, 6.07) is 3.76. The topological polar surface area (TPSA) is 53.2 Å². The lowest BCUT2D eigenvalue weighted by Gasteiger charge is -2.26. The molecule has 8 heteroatoms. The number of nitrogens with zero attached hydrogens (tertiary/aromatic N) is 1. The van der Waals surface area contributed by atoms with Crippen molar-refractivity contribution in [3.63, 3.8) is 0 Å². The van der Waals surface area contributed by atoms with Crippen LogP contribution in [0.3, 0.4) is 0 Å². The van der Waals surface area contributed by atoms with Crippen molar-refractivity contribution in [2.45, 2.75) is 13.0 Å². The number of halogens is 4. The Morgan fingerprint density at radius 1 is 0.963 bits per heavy atom. The van der Waals surface area contributed by atoms with Crippen LogP contribution in [0, 0.1) is 23.3 Å². The van der Waals surface area contributed by atoms with Gasteiger partial charge in [-0.3, -0.25) is 9.59 Å². The maximum absolute atomic E-state index is 13.7. The molecular formula is C19H14F4N2O2. The van der Waals surface area contributed by atoms with E-state index in [4.69, 9.17) is 0 Å². The number of nitrogens with one attached hydrogen (secondary N) is 1. The Morgan fingerprint density at radius 2 is 1.56 bits per heavy atom. The molecule has 1 aromatic heterocycles. The molecule has 0 saturated carbocycles. The highest BCUT2D eigenvalue weighted by atomic mass is 19.2. The molecule has 27 heavy (non-hydrogen) atoms. The summed E-state index contributed by atoms with van der Waals surface area (Å²) in [7, 11) is 1.42. The summed E-state index contributed by atoms with van der Waals surface area (Å²) in [5, 5.41) is 0.0852. The lowest BCUT2D eigenvalue weighted by Crippen LogP contribution is -2.30. The molecule has 0 aliphatic carbocycles. The Labute approximate surface area is 151 Å². The average Bonchev–Trinajstić information content (AvgIpc) is 2.64. The summed E-state index contributed by atoms with van der Waals surface area (Å²) in [5.74, 6) is -5.14. The summed E-state index contributed by atoms with van der Waals surface area (Å²) >= 11 is 0. The summed E-state index contributed by atoms with van der Waals surface area (Å²) in [6.07, 6.45) is 1.31. The van der Waals surface area contributed by atoms with Crippen LogP contribution in [0.2, 0.25) is 0 Å². The highest BCUT2D eigenvalue weighted by Crippen LogP contribution is 2.28. The van der Waals surface area contributed by atoms with Gasteiger partial charge >= 0.3 is 0 Å². The van der Waals surface area contributed by atoms with Gasteiger partial charge < -0.3 is 9.88 Å². The molecule has 0 fully saturated rings. The van der Waals surface area contributed by atoms with Gasteiger partial charge in [-0.2, -0.15) is 0 Å². The second kappa shape index (κ2) is 6.86. The minimum atomic E-state index is -1.16. The number of fused-ring (bicyclic) bond motifs is 1. The van der Waals surface area contributed by atoms with E-state index in [-0.39, 0.29) is 16.3 Å². The third-order valence-corrected chi connectivity index (χ3v) is 4.49. The molecule has 0 spiro atoms. The van der Waals surface area contributed by atoms with Crippen LogP contribution < -0.4 is 5.56 Å². The minimum absolute atomic E-state index is 0.0630. The van der Waals surface area contributed by atoms with Gasteiger partial charge in [0.15, 0.2) is 23.3 Å². The summed E-state index contributed by atoms with van der Waals surface area (Å²) in [5.41, 5.74) is -0.314. The van der Waals surface area contributed by atoms with Gasteiger partial charge in [0.1, 0.15) is 0 Å². The van der Waals surface area contributed by atoms with Crippen molar-refractivity contribution in [2.24, 2.45) is 0 Å². The summed E-state index contributed by atoms with van der Waals surface area (Å²) < 4.78 is 53.6. The van der Waals surface area contributed by atoms with E-state index >= 15 is 0 Å². The minimum Gasteiger partial charge on any atom is -0.335 e. The van der Waals surface area contributed by atoms with Gasteiger partial charge in [-0.15, -0.1) is 0 Å². The first kappa shape index (κ1) is 18.6. The van der Waals surface area contributed by atoms with Crippen molar-refractivity contribution in [2.75, 3.05) is 7.05 Å². The molecule has 0 radical (unpaired) electrons. The SMILES string of the molecule is CC(c1c[nH]c(=O)c2cc(F)c(F)cc12)N(C)C(=O)c1ccc(F)c(F)c1. The third kappa shape index (κ3) is 3.30. The Balaban J connectivity index is 2.04. The van der Waals surface area contributed by atoms with Crippen molar-refractivity contribution in [1.82, 2.24) is 9.88 Å². The number of carbonyl (C=O) groups is 1. The first-order valence-corrected chi connectivity index (χ1v) is 7.93. The fourth-order valence-corrected chi connectivity index (χ4v) is 2.84. The number of hydrogen-bond donors (Lipinski definition) is 1. The normalized spacial score (nSPS) is 12.2. The van der Waals surface area contributed by atoms with Crippen LogP contribution in [-0.2, 0) is 0 Å². The number of hydrogen-bond acceptors (Lipinski definition) is 2.